The van der Waals surface area contributed by atoms with E-state index < -0.39 is 4.92 Å². The average molecular weight is 224 g/mol. The zero-order chi connectivity index (χ0) is 12.1. The predicted molar refractivity (Wildman–Crippen MR) is 67.3 cm³/mol. The molecule has 0 aliphatic heterocycles. The van der Waals surface area contributed by atoms with Crippen molar-refractivity contribution >= 4 is 17.8 Å². The van der Waals surface area contributed by atoms with Crippen LogP contribution in [0.1, 0.15) is 11.1 Å². The highest BCUT2D eigenvalue weighted by Gasteiger charge is 2.01. The van der Waals surface area contributed by atoms with E-state index in [0.29, 0.717) is 0 Å². The maximum Gasteiger partial charge on any atom is 0.269 e. The Hall–Kier alpha value is -2.42. The zero-order valence-corrected chi connectivity index (χ0v) is 9.04. The molecule has 17 heavy (non-hydrogen) atoms. The Kier molecular flexibility index (Phi) is 3.31. The number of nitrogens with zero attached hydrogens (tertiary/aromatic N) is 1. The molecule has 83 valence electrons. The summed E-state index contributed by atoms with van der Waals surface area (Å²) in [6.45, 7) is 0. The lowest BCUT2D eigenvalue weighted by atomic mass is 10.1. The number of benzene rings is 2. The summed E-state index contributed by atoms with van der Waals surface area (Å²) in [5, 5.41) is 10.5. The summed E-state index contributed by atoms with van der Waals surface area (Å²) in [5.41, 5.74) is 2.01. The van der Waals surface area contributed by atoms with E-state index in [1.807, 2.05) is 36.4 Å². The van der Waals surface area contributed by atoms with Crippen molar-refractivity contribution < 1.29 is 4.92 Å². The molecular formula is C14H10NO2. The van der Waals surface area contributed by atoms with Gasteiger partial charge in [-0.1, -0.05) is 36.4 Å². The molecule has 0 saturated heterocycles. The fourth-order valence-corrected chi connectivity index (χ4v) is 1.40. The molecule has 2 aromatic rings. The van der Waals surface area contributed by atoms with Crippen LogP contribution in [0, 0.1) is 16.2 Å². The van der Waals surface area contributed by atoms with Crippen LogP contribution >= 0.6 is 0 Å². The summed E-state index contributed by atoms with van der Waals surface area (Å²) < 4.78 is 0. The SMILES string of the molecule is O=[N+]([O-])c1ccc(/C=C/c2[c]cccc2)cc1. The molecule has 0 N–H and O–H groups in total. The maximum absolute atomic E-state index is 10.5. The minimum absolute atomic E-state index is 0.105. The van der Waals surface area contributed by atoms with Crippen LogP contribution in [0.4, 0.5) is 5.69 Å². The molecule has 0 unspecified atom stereocenters. The van der Waals surface area contributed by atoms with Crippen LogP contribution in [0.3, 0.4) is 0 Å². The fraction of sp³-hybridized carbons (Fsp3) is 0. The molecule has 0 aromatic heterocycles. The van der Waals surface area contributed by atoms with E-state index in [1.54, 1.807) is 12.1 Å². The van der Waals surface area contributed by atoms with Gasteiger partial charge in [-0.05, 0) is 29.3 Å². The smallest absolute Gasteiger partial charge is 0.258 e. The summed E-state index contributed by atoms with van der Waals surface area (Å²) in [6.07, 6.45) is 3.82. The largest absolute Gasteiger partial charge is 0.269 e. The van der Waals surface area contributed by atoms with Crippen molar-refractivity contribution in [3.05, 3.63) is 75.8 Å². The Bertz CT molecular complexity index is 530. The molecule has 3 heteroatoms. The van der Waals surface area contributed by atoms with Crippen molar-refractivity contribution in [3.8, 4) is 0 Å². The number of nitro groups is 1. The van der Waals surface area contributed by atoms with E-state index >= 15 is 0 Å². The van der Waals surface area contributed by atoms with E-state index in [1.165, 1.54) is 12.1 Å². The summed E-state index contributed by atoms with van der Waals surface area (Å²) in [5.74, 6) is 0. The molecule has 0 saturated carbocycles. The first-order valence-corrected chi connectivity index (χ1v) is 5.15. The molecule has 0 fully saturated rings. The molecule has 3 nitrogen and oxygen atoms in total. The molecular weight excluding hydrogens is 214 g/mol. The van der Waals surface area contributed by atoms with Gasteiger partial charge in [-0.25, -0.2) is 0 Å². The predicted octanol–water partition coefficient (Wildman–Crippen LogP) is 3.57. The first-order chi connectivity index (χ1) is 8.25. The van der Waals surface area contributed by atoms with E-state index in [0.717, 1.165) is 11.1 Å². The molecule has 0 amide bonds. The molecule has 0 heterocycles. The molecule has 2 rings (SSSR count). The molecule has 0 atom stereocenters. The Balaban J connectivity index is 2.14. The summed E-state index contributed by atoms with van der Waals surface area (Å²) in [7, 11) is 0. The highest BCUT2D eigenvalue weighted by Crippen LogP contribution is 2.14. The van der Waals surface area contributed by atoms with E-state index in [4.69, 9.17) is 0 Å². The highest BCUT2D eigenvalue weighted by molar-refractivity contribution is 5.69. The van der Waals surface area contributed by atoms with Crippen molar-refractivity contribution in [2.75, 3.05) is 0 Å². The summed E-state index contributed by atoms with van der Waals surface area (Å²) in [4.78, 5) is 10.1. The highest BCUT2D eigenvalue weighted by atomic mass is 16.6. The minimum Gasteiger partial charge on any atom is -0.258 e. The molecule has 1 radical (unpaired) electrons. The van der Waals surface area contributed by atoms with Crippen LogP contribution in [0.5, 0.6) is 0 Å². The van der Waals surface area contributed by atoms with Crippen molar-refractivity contribution in [2.24, 2.45) is 0 Å². The minimum atomic E-state index is -0.404. The first kappa shape index (κ1) is 11.1. The van der Waals surface area contributed by atoms with Crippen LogP contribution in [0.2, 0.25) is 0 Å². The number of non-ortho nitro benzene ring substituents is 1. The van der Waals surface area contributed by atoms with Gasteiger partial charge >= 0.3 is 0 Å². The Labute approximate surface area is 99.2 Å². The number of nitro benzene ring substituents is 1. The van der Waals surface area contributed by atoms with Crippen LogP contribution in [-0.4, -0.2) is 4.92 Å². The summed E-state index contributed by atoms with van der Waals surface area (Å²) >= 11 is 0. The second-order valence-electron chi connectivity index (χ2n) is 3.50. The van der Waals surface area contributed by atoms with Crippen molar-refractivity contribution in [3.63, 3.8) is 0 Å². The normalized spacial score (nSPS) is 10.6. The molecule has 0 spiro atoms. The Morgan fingerprint density at radius 2 is 1.82 bits per heavy atom. The van der Waals surface area contributed by atoms with Gasteiger partial charge in [0.25, 0.3) is 5.69 Å². The van der Waals surface area contributed by atoms with Gasteiger partial charge < -0.3 is 0 Å². The van der Waals surface area contributed by atoms with E-state index in [-0.39, 0.29) is 5.69 Å². The van der Waals surface area contributed by atoms with E-state index in [2.05, 4.69) is 6.07 Å². The summed E-state index contributed by atoms with van der Waals surface area (Å²) in [6, 6.07) is 17.1. The van der Waals surface area contributed by atoms with Gasteiger partial charge in [-0.2, -0.15) is 0 Å². The Morgan fingerprint density at radius 1 is 1.06 bits per heavy atom. The molecule has 0 bridgehead atoms. The second-order valence-corrected chi connectivity index (χ2v) is 3.50. The maximum atomic E-state index is 10.5. The quantitative estimate of drug-likeness (QED) is 0.454. The molecule has 0 aliphatic carbocycles. The third-order valence-electron chi connectivity index (χ3n) is 2.29. The lowest BCUT2D eigenvalue weighted by molar-refractivity contribution is -0.384. The van der Waals surface area contributed by atoms with Crippen molar-refractivity contribution in [1.82, 2.24) is 0 Å². The average Bonchev–Trinajstić information content (AvgIpc) is 2.38. The first-order valence-electron chi connectivity index (χ1n) is 5.15. The molecule has 0 aliphatic rings. The van der Waals surface area contributed by atoms with Gasteiger partial charge in [0.2, 0.25) is 0 Å². The van der Waals surface area contributed by atoms with Crippen LogP contribution < -0.4 is 0 Å². The number of hydrogen-bond acceptors (Lipinski definition) is 2. The van der Waals surface area contributed by atoms with Gasteiger partial charge in [-0.15, -0.1) is 0 Å². The lowest BCUT2D eigenvalue weighted by Gasteiger charge is -1.94. The van der Waals surface area contributed by atoms with Gasteiger partial charge in [0.1, 0.15) is 0 Å². The topological polar surface area (TPSA) is 43.1 Å². The van der Waals surface area contributed by atoms with Crippen LogP contribution in [0.15, 0.2) is 48.5 Å². The number of hydrogen-bond donors (Lipinski definition) is 0. The fourth-order valence-electron chi connectivity index (χ4n) is 1.40. The lowest BCUT2D eigenvalue weighted by Crippen LogP contribution is -1.86. The van der Waals surface area contributed by atoms with E-state index in [9.17, 15) is 10.1 Å². The van der Waals surface area contributed by atoms with Crippen LogP contribution in [0.25, 0.3) is 12.2 Å². The number of rotatable bonds is 3. The van der Waals surface area contributed by atoms with Gasteiger partial charge in [0.05, 0.1) is 4.92 Å². The third kappa shape index (κ3) is 3.01. The van der Waals surface area contributed by atoms with Gasteiger partial charge in [-0.3, -0.25) is 10.1 Å². The van der Waals surface area contributed by atoms with Crippen molar-refractivity contribution in [1.29, 1.82) is 0 Å². The zero-order valence-electron chi connectivity index (χ0n) is 9.04. The van der Waals surface area contributed by atoms with Gasteiger partial charge in [0, 0.05) is 12.1 Å². The Morgan fingerprint density at radius 3 is 2.41 bits per heavy atom. The third-order valence-corrected chi connectivity index (χ3v) is 2.29. The standard InChI is InChI=1S/C14H10NO2/c16-15(17)14-10-8-13(9-11-14)7-6-12-4-2-1-3-5-12/h1-4,6-11H/b7-6+. The monoisotopic (exact) mass is 224 g/mol. The van der Waals surface area contributed by atoms with Gasteiger partial charge in [0.15, 0.2) is 0 Å². The van der Waals surface area contributed by atoms with Crippen LogP contribution in [-0.2, 0) is 0 Å². The van der Waals surface area contributed by atoms with Crippen molar-refractivity contribution in [2.45, 2.75) is 0 Å². The molecule has 2 aromatic carbocycles. The second kappa shape index (κ2) is 5.07.